The zero-order chi connectivity index (χ0) is 13.7. The second-order valence-corrected chi connectivity index (χ2v) is 6.83. The molecule has 0 aromatic heterocycles. The molecule has 0 atom stereocenters. The summed E-state index contributed by atoms with van der Waals surface area (Å²) in [5, 5.41) is 3.49. The molecule has 1 aromatic rings. The molecule has 104 valence electrons. The lowest BCUT2D eigenvalue weighted by atomic mass is 10.2. The minimum atomic E-state index is -0.0687. The fraction of sp³-hybridized carbons (Fsp3) is 0.462. The summed E-state index contributed by atoms with van der Waals surface area (Å²) in [6.07, 6.45) is 0. The van der Waals surface area contributed by atoms with Crippen molar-refractivity contribution in [3.05, 3.63) is 33.3 Å². The first kappa shape index (κ1) is 15.2. The molecule has 0 saturated carbocycles. The van der Waals surface area contributed by atoms with Gasteiger partial charge in [0.1, 0.15) is 0 Å². The Balaban J connectivity index is 1.78. The number of nitrogens with zero attached hydrogens (tertiary/aromatic N) is 1. The van der Waals surface area contributed by atoms with Gasteiger partial charge in [-0.3, -0.25) is 9.69 Å². The summed E-state index contributed by atoms with van der Waals surface area (Å²) in [4.78, 5) is 14.3. The first-order valence-corrected chi connectivity index (χ1v) is 8.53. The second kappa shape index (κ2) is 7.53. The molecule has 3 nitrogen and oxygen atoms in total. The summed E-state index contributed by atoms with van der Waals surface area (Å²) in [6, 6.07) is 5.24. The Morgan fingerprint density at radius 2 is 2.16 bits per heavy atom. The van der Waals surface area contributed by atoms with E-state index < -0.39 is 0 Å². The van der Waals surface area contributed by atoms with Crippen LogP contribution in [0, 0.1) is 0 Å². The van der Waals surface area contributed by atoms with E-state index in [1.54, 1.807) is 18.2 Å². The molecule has 1 saturated heterocycles. The molecule has 19 heavy (non-hydrogen) atoms. The van der Waals surface area contributed by atoms with Crippen molar-refractivity contribution in [2.75, 3.05) is 37.7 Å². The molecule has 6 heteroatoms. The van der Waals surface area contributed by atoms with Gasteiger partial charge in [0, 0.05) is 47.7 Å². The molecule has 0 radical (unpaired) electrons. The van der Waals surface area contributed by atoms with E-state index in [4.69, 9.17) is 11.6 Å². The van der Waals surface area contributed by atoms with Crippen LogP contribution < -0.4 is 5.32 Å². The van der Waals surface area contributed by atoms with Crippen LogP contribution in [0.1, 0.15) is 10.4 Å². The molecule has 1 amide bonds. The van der Waals surface area contributed by atoms with Crippen LogP contribution >= 0.6 is 39.3 Å². The quantitative estimate of drug-likeness (QED) is 0.893. The average molecular weight is 364 g/mol. The molecule has 1 fully saturated rings. The molecule has 1 N–H and O–H groups in total. The molecule has 2 rings (SSSR count). The lowest BCUT2D eigenvalue weighted by molar-refractivity contribution is 0.0949. The second-order valence-electron chi connectivity index (χ2n) is 4.34. The van der Waals surface area contributed by atoms with Crippen LogP contribution in [0.3, 0.4) is 0 Å². The number of benzene rings is 1. The fourth-order valence-corrected chi connectivity index (χ4v) is 3.30. The third-order valence-corrected chi connectivity index (χ3v) is 5.17. The Morgan fingerprint density at radius 3 is 2.84 bits per heavy atom. The van der Waals surface area contributed by atoms with Crippen molar-refractivity contribution in [1.29, 1.82) is 0 Å². The van der Waals surface area contributed by atoms with Crippen molar-refractivity contribution in [2.45, 2.75) is 0 Å². The van der Waals surface area contributed by atoms with Gasteiger partial charge in [-0.05, 0) is 34.1 Å². The zero-order valence-corrected chi connectivity index (χ0v) is 13.7. The van der Waals surface area contributed by atoms with Gasteiger partial charge < -0.3 is 5.32 Å². The first-order valence-electron chi connectivity index (χ1n) is 6.20. The van der Waals surface area contributed by atoms with E-state index in [0.717, 1.165) is 24.1 Å². The molecule has 0 spiro atoms. The van der Waals surface area contributed by atoms with Crippen molar-refractivity contribution in [2.24, 2.45) is 0 Å². The Hall–Kier alpha value is -0.230. The van der Waals surface area contributed by atoms with E-state index in [1.165, 1.54) is 11.5 Å². The molecule has 1 heterocycles. The van der Waals surface area contributed by atoms with Crippen molar-refractivity contribution in [1.82, 2.24) is 10.2 Å². The van der Waals surface area contributed by atoms with E-state index >= 15 is 0 Å². The van der Waals surface area contributed by atoms with Gasteiger partial charge in [0.2, 0.25) is 0 Å². The van der Waals surface area contributed by atoms with E-state index in [1.807, 2.05) is 11.8 Å². The van der Waals surface area contributed by atoms with E-state index in [2.05, 4.69) is 26.1 Å². The monoisotopic (exact) mass is 362 g/mol. The van der Waals surface area contributed by atoms with Gasteiger partial charge in [-0.25, -0.2) is 0 Å². The van der Waals surface area contributed by atoms with Crippen LogP contribution in [0.25, 0.3) is 0 Å². The van der Waals surface area contributed by atoms with Gasteiger partial charge in [0.15, 0.2) is 0 Å². The summed E-state index contributed by atoms with van der Waals surface area (Å²) >= 11 is 11.3. The summed E-state index contributed by atoms with van der Waals surface area (Å²) in [6.45, 7) is 3.82. The number of hydrogen-bond donors (Lipinski definition) is 1. The Kier molecular flexibility index (Phi) is 6.01. The maximum atomic E-state index is 11.9. The molecule has 0 aliphatic carbocycles. The van der Waals surface area contributed by atoms with E-state index in [-0.39, 0.29) is 5.91 Å². The SMILES string of the molecule is O=C(NCCN1CCSCC1)c1ccc(Br)c(Cl)c1. The zero-order valence-electron chi connectivity index (χ0n) is 10.5. The van der Waals surface area contributed by atoms with Crippen LogP contribution in [0.15, 0.2) is 22.7 Å². The molecule has 0 unspecified atom stereocenters. The number of hydrogen-bond acceptors (Lipinski definition) is 3. The topological polar surface area (TPSA) is 32.3 Å². The van der Waals surface area contributed by atoms with Crippen molar-refractivity contribution < 1.29 is 4.79 Å². The highest BCUT2D eigenvalue weighted by Crippen LogP contribution is 2.23. The highest BCUT2D eigenvalue weighted by molar-refractivity contribution is 9.10. The number of thioether (sulfide) groups is 1. The standard InChI is InChI=1S/C13H16BrClN2OS/c14-11-2-1-10(9-12(11)15)13(18)16-3-4-17-5-7-19-8-6-17/h1-2,9H,3-8H2,(H,16,18). The van der Waals surface area contributed by atoms with E-state index in [9.17, 15) is 4.79 Å². The largest absolute Gasteiger partial charge is 0.351 e. The van der Waals surface area contributed by atoms with Gasteiger partial charge in [-0.1, -0.05) is 11.6 Å². The predicted molar refractivity (Wildman–Crippen MR) is 85.3 cm³/mol. The lowest BCUT2D eigenvalue weighted by Crippen LogP contribution is -2.39. The third-order valence-electron chi connectivity index (χ3n) is 3.00. The fourth-order valence-electron chi connectivity index (χ4n) is 1.89. The Morgan fingerprint density at radius 1 is 1.42 bits per heavy atom. The number of halogens is 2. The number of nitrogens with one attached hydrogen (secondary N) is 1. The molecular weight excluding hydrogens is 348 g/mol. The average Bonchev–Trinajstić information content (AvgIpc) is 2.43. The number of rotatable bonds is 4. The van der Waals surface area contributed by atoms with Gasteiger partial charge >= 0.3 is 0 Å². The maximum absolute atomic E-state index is 11.9. The summed E-state index contributed by atoms with van der Waals surface area (Å²) in [5.74, 6) is 2.31. The summed E-state index contributed by atoms with van der Waals surface area (Å²) in [7, 11) is 0. The molecular formula is C13H16BrClN2OS. The number of amides is 1. The molecule has 1 aliphatic heterocycles. The Bertz CT molecular complexity index is 452. The van der Waals surface area contributed by atoms with E-state index in [0.29, 0.717) is 17.1 Å². The highest BCUT2D eigenvalue weighted by Gasteiger charge is 2.11. The van der Waals surface area contributed by atoms with Crippen molar-refractivity contribution in [3.63, 3.8) is 0 Å². The smallest absolute Gasteiger partial charge is 0.251 e. The van der Waals surface area contributed by atoms with Gasteiger partial charge in [0.25, 0.3) is 5.91 Å². The Labute approximate surface area is 131 Å². The number of carbonyl (C=O) groups is 1. The molecule has 0 bridgehead atoms. The van der Waals surface area contributed by atoms with Crippen LogP contribution in [-0.2, 0) is 0 Å². The van der Waals surface area contributed by atoms with Crippen LogP contribution in [-0.4, -0.2) is 48.5 Å². The molecule has 1 aliphatic rings. The van der Waals surface area contributed by atoms with Gasteiger partial charge in [-0.15, -0.1) is 0 Å². The van der Waals surface area contributed by atoms with Crippen LogP contribution in [0.5, 0.6) is 0 Å². The lowest BCUT2D eigenvalue weighted by Gasteiger charge is -2.25. The minimum absolute atomic E-state index is 0.0687. The van der Waals surface area contributed by atoms with Gasteiger partial charge in [-0.2, -0.15) is 11.8 Å². The predicted octanol–water partition coefficient (Wildman–Crippen LogP) is 2.88. The molecule has 1 aromatic carbocycles. The van der Waals surface area contributed by atoms with Crippen molar-refractivity contribution >= 4 is 45.2 Å². The summed E-state index contributed by atoms with van der Waals surface area (Å²) < 4.78 is 0.802. The third kappa shape index (κ3) is 4.67. The van der Waals surface area contributed by atoms with Gasteiger partial charge in [0.05, 0.1) is 5.02 Å². The van der Waals surface area contributed by atoms with Crippen molar-refractivity contribution in [3.8, 4) is 0 Å². The number of carbonyl (C=O) groups excluding carboxylic acids is 1. The first-order chi connectivity index (χ1) is 9.16. The minimum Gasteiger partial charge on any atom is -0.351 e. The maximum Gasteiger partial charge on any atom is 0.251 e. The highest BCUT2D eigenvalue weighted by atomic mass is 79.9. The van der Waals surface area contributed by atoms with Crippen LogP contribution in [0.4, 0.5) is 0 Å². The van der Waals surface area contributed by atoms with Crippen LogP contribution in [0.2, 0.25) is 5.02 Å². The normalized spacial score (nSPS) is 16.3. The summed E-state index contributed by atoms with van der Waals surface area (Å²) in [5.41, 5.74) is 0.599.